The molecule has 2 aromatic carbocycles. The fourth-order valence-electron chi connectivity index (χ4n) is 5.92. The lowest BCUT2D eigenvalue weighted by molar-refractivity contribution is -0.122. The Morgan fingerprint density at radius 2 is 1.91 bits per heavy atom. The van der Waals surface area contributed by atoms with Crippen molar-refractivity contribution in [1.82, 2.24) is 10.2 Å². The largest absolute Gasteiger partial charge is 0.491 e. The number of piperidine rings is 1. The second kappa shape index (κ2) is 8.36. The predicted molar refractivity (Wildman–Crippen MR) is 130 cm³/mol. The number of likely N-dealkylation sites (tertiary alicyclic amines) is 1. The molecule has 0 radical (unpaired) electrons. The number of urea groups is 1. The SMILES string of the molecule is CC(C)NC(=O)N1CCCC(CCN2C(=O)C3(COc4cc5c(cc43)OCO5)c3ccccc32)C1. The lowest BCUT2D eigenvalue weighted by Gasteiger charge is -2.34. The highest BCUT2D eigenvalue weighted by Gasteiger charge is 2.57. The molecule has 1 spiro atoms. The summed E-state index contributed by atoms with van der Waals surface area (Å²) in [5, 5.41) is 3.00. The molecule has 0 saturated carbocycles. The number of ether oxygens (including phenoxy) is 3. The molecule has 0 aliphatic carbocycles. The van der Waals surface area contributed by atoms with E-state index in [2.05, 4.69) is 5.32 Å². The van der Waals surface area contributed by atoms with Crippen molar-refractivity contribution < 1.29 is 23.8 Å². The number of hydrogen-bond acceptors (Lipinski definition) is 5. The second-order valence-corrected chi connectivity index (χ2v) is 10.2. The van der Waals surface area contributed by atoms with Gasteiger partial charge in [0, 0.05) is 43.0 Å². The van der Waals surface area contributed by atoms with Crippen LogP contribution in [0.3, 0.4) is 0 Å². The van der Waals surface area contributed by atoms with Crippen molar-refractivity contribution in [1.29, 1.82) is 0 Å². The van der Waals surface area contributed by atoms with Gasteiger partial charge in [-0.3, -0.25) is 4.79 Å². The van der Waals surface area contributed by atoms with Crippen LogP contribution >= 0.6 is 0 Å². The van der Waals surface area contributed by atoms with Crippen LogP contribution < -0.4 is 24.4 Å². The van der Waals surface area contributed by atoms with Crippen LogP contribution in [0, 0.1) is 5.92 Å². The number of carbonyl (C=O) groups is 2. The van der Waals surface area contributed by atoms with Crippen molar-refractivity contribution in [3.05, 3.63) is 47.5 Å². The maximum absolute atomic E-state index is 14.1. The maximum Gasteiger partial charge on any atom is 0.317 e. The summed E-state index contributed by atoms with van der Waals surface area (Å²) in [6.07, 6.45) is 2.89. The minimum atomic E-state index is -0.872. The zero-order chi connectivity index (χ0) is 24.2. The van der Waals surface area contributed by atoms with Crippen molar-refractivity contribution in [3.8, 4) is 17.2 Å². The molecule has 4 aliphatic rings. The molecule has 2 unspecified atom stereocenters. The van der Waals surface area contributed by atoms with E-state index in [-0.39, 0.29) is 31.4 Å². The van der Waals surface area contributed by atoms with Gasteiger partial charge in [0.1, 0.15) is 17.8 Å². The van der Waals surface area contributed by atoms with E-state index < -0.39 is 5.41 Å². The Balaban J connectivity index is 1.24. The van der Waals surface area contributed by atoms with Crippen LogP contribution in [0.25, 0.3) is 0 Å². The van der Waals surface area contributed by atoms with Gasteiger partial charge in [0.2, 0.25) is 12.7 Å². The number of amides is 3. The third-order valence-corrected chi connectivity index (χ3v) is 7.62. The molecular weight excluding hydrogens is 446 g/mol. The van der Waals surface area contributed by atoms with Gasteiger partial charge in [-0.05, 0) is 56.7 Å². The number of benzene rings is 2. The molecular formula is C27H31N3O5. The van der Waals surface area contributed by atoms with Gasteiger partial charge in [-0.2, -0.15) is 0 Å². The summed E-state index contributed by atoms with van der Waals surface area (Å²) in [4.78, 5) is 30.5. The highest BCUT2D eigenvalue weighted by atomic mass is 16.7. The number of nitrogens with zero attached hydrogens (tertiary/aromatic N) is 2. The first-order valence-electron chi connectivity index (χ1n) is 12.5. The number of para-hydroxylation sites is 1. The normalized spacial score (nSPS) is 24.1. The fourth-order valence-corrected chi connectivity index (χ4v) is 5.92. The second-order valence-electron chi connectivity index (χ2n) is 10.2. The van der Waals surface area contributed by atoms with Gasteiger partial charge in [-0.25, -0.2) is 4.79 Å². The monoisotopic (exact) mass is 477 g/mol. The van der Waals surface area contributed by atoms with E-state index in [1.165, 1.54) is 0 Å². The van der Waals surface area contributed by atoms with Crippen molar-refractivity contribution in [2.75, 3.05) is 37.9 Å². The first-order chi connectivity index (χ1) is 17.0. The van der Waals surface area contributed by atoms with Gasteiger partial charge in [0.15, 0.2) is 11.5 Å². The molecule has 8 nitrogen and oxygen atoms in total. The number of anilines is 1. The van der Waals surface area contributed by atoms with Crippen LogP contribution in [-0.2, 0) is 10.2 Å². The van der Waals surface area contributed by atoms with E-state index in [1.54, 1.807) is 0 Å². The molecule has 35 heavy (non-hydrogen) atoms. The Kier molecular flexibility index (Phi) is 5.27. The molecule has 8 heteroatoms. The molecule has 4 heterocycles. The standard InChI is InChI=1S/C27H31N3O5/c1-17(2)28-26(32)29-10-5-6-18(14-29)9-11-30-21-8-4-3-7-19(21)27(25(30)31)15-33-22-13-24-23(12-20(22)27)34-16-35-24/h3-4,7-8,12-13,17-18H,5-6,9-11,14-16H2,1-2H3,(H,28,32). The Morgan fingerprint density at radius 3 is 2.74 bits per heavy atom. The highest BCUT2D eigenvalue weighted by Crippen LogP contribution is 2.55. The molecule has 184 valence electrons. The van der Waals surface area contributed by atoms with Crippen molar-refractivity contribution in [2.45, 2.75) is 44.6 Å². The molecule has 0 bridgehead atoms. The minimum absolute atomic E-state index is 0.00434. The molecule has 0 aromatic heterocycles. The predicted octanol–water partition coefficient (Wildman–Crippen LogP) is 3.66. The van der Waals surface area contributed by atoms with Crippen LogP contribution in [0.5, 0.6) is 17.2 Å². The van der Waals surface area contributed by atoms with Gasteiger partial charge >= 0.3 is 6.03 Å². The van der Waals surface area contributed by atoms with E-state index >= 15 is 0 Å². The first-order valence-corrected chi connectivity index (χ1v) is 12.5. The molecule has 1 N–H and O–H groups in total. The summed E-state index contributed by atoms with van der Waals surface area (Å²) >= 11 is 0. The van der Waals surface area contributed by atoms with E-state index in [0.29, 0.717) is 29.7 Å². The van der Waals surface area contributed by atoms with E-state index in [1.807, 2.05) is 60.0 Å². The summed E-state index contributed by atoms with van der Waals surface area (Å²) < 4.78 is 17.2. The van der Waals surface area contributed by atoms with Crippen LogP contribution in [0.1, 0.15) is 44.2 Å². The number of rotatable bonds is 4. The molecule has 3 amide bonds. The average molecular weight is 478 g/mol. The lowest BCUT2D eigenvalue weighted by atomic mass is 9.77. The van der Waals surface area contributed by atoms with Gasteiger partial charge in [-0.1, -0.05) is 18.2 Å². The Labute approximate surface area is 205 Å². The average Bonchev–Trinajstić information content (AvgIpc) is 3.53. The topological polar surface area (TPSA) is 80.3 Å². The molecule has 6 rings (SSSR count). The minimum Gasteiger partial charge on any atom is -0.491 e. The van der Waals surface area contributed by atoms with E-state index in [4.69, 9.17) is 14.2 Å². The molecule has 2 atom stereocenters. The van der Waals surface area contributed by atoms with Gasteiger partial charge in [0.25, 0.3) is 0 Å². The van der Waals surface area contributed by atoms with E-state index in [0.717, 1.165) is 49.2 Å². The van der Waals surface area contributed by atoms with Crippen LogP contribution in [0.4, 0.5) is 10.5 Å². The smallest absolute Gasteiger partial charge is 0.317 e. The van der Waals surface area contributed by atoms with Gasteiger partial charge in [0.05, 0.1) is 0 Å². The number of nitrogens with one attached hydrogen (secondary N) is 1. The van der Waals surface area contributed by atoms with Crippen molar-refractivity contribution in [2.24, 2.45) is 5.92 Å². The lowest BCUT2D eigenvalue weighted by Crippen LogP contribution is -2.48. The van der Waals surface area contributed by atoms with Crippen LogP contribution in [0.15, 0.2) is 36.4 Å². The molecule has 1 fully saturated rings. The third-order valence-electron chi connectivity index (χ3n) is 7.62. The van der Waals surface area contributed by atoms with Crippen LogP contribution in [-0.4, -0.2) is 55.9 Å². The highest BCUT2D eigenvalue weighted by molar-refractivity contribution is 6.11. The summed E-state index contributed by atoms with van der Waals surface area (Å²) in [5.74, 6) is 2.39. The van der Waals surface area contributed by atoms with Gasteiger partial charge < -0.3 is 29.3 Å². The first kappa shape index (κ1) is 22.1. The van der Waals surface area contributed by atoms with E-state index in [9.17, 15) is 9.59 Å². The Bertz CT molecular complexity index is 1180. The zero-order valence-electron chi connectivity index (χ0n) is 20.2. The van der Waals surface area contributed by atoms with Crippen molar-refractivity contribution in [3.63, 3.8) is 0 Å². The summed E-state index contributed by atoms with van der Waals surface area (Å²) in [6.45, 7) is 6.52. The third kappa shape index (κ3) is 3.49. The van der Waals surface area contributed by atoms with Crippen molar-refractivity contribution >= 4 is 17.6 Å². The Hall–Kier alpha value is -3.42. The number of hydrogen-bond donors (Lipinski definition) is 1. The number of carbonyl (C=O) groups excluding carboxylic acids is 2. The summed E-state index contributed by atoms with van der Waals surface area (Å²) in [7, 11) is 0. The zero-order valence-corrected chi connectivity index (χ0v) is 20.2. The quantitative estimate of drug-likeness (QED) is 0.727. The maximum atomic E-state index is 14.1. The number of fused-ring (bicyclic) bond motifs is 5. The molecule has 4 aliphatic heterocycles. The summed E-state index contributed by atoms with van der Waals surface area (Å²) in [5.41, 5.74) is 1.89. The Morgan fingerprint density at radius 1 is 1.11 bits per heavy atom. The molecule has 2 aromatic rings. The van der Waals surface area contributed by atoms with Gasteiger partial charge in [-0.15, -0.1) is 0 Å². The fraction of sp³-hybridized carbons (Fsp3) is 0.481. The summed E-state index contributed by atoms with van der Waals surface area (Å²) in [6, 6.07) is 11.9. The molecule has 1 saturated heterocycles. The van der Waals surface area contributed by atoms with Crippen LogP contribution in [0.2, 0.25) is 0 Å².